The molecule has 2 fully saturated rings. The molecular weight excluding hydrogens is 364 g/mol. The number of allylic oxidation sites excluding steroid dienone is 1. The zero-order valence-electron chi connectivity index (χ0n) is 16.1. The lowest BCUT2D eigenvalue weighted by atomic mass is 9.85. The van der Waals surface area contributed by atoms with Gasteiger partial charge in [-0.2, -0.15) is 0 Å². The van der Waals surface area contributed by atoms with E-state index in [9.17, 15) is 19.8 Å². The molecule has 0 spiro atoms. The van der Waals surface area contributed by atoms with Gasteiger partial charge in [-0.15, -0.1) is 11.8 Å². The molecule has 0 aromatic rings. The minimum absolute atomic E-state index is 0.0828. The number of ether oxygens (including phenoxy) is 1. The Bertz CT molecular complexity index is 539. The highest BCUT2D eigenvalue weighted by Crippen LogP contribution is 2.35. The number of unbranched alkanes of at least 4 members (excludes halogenated alkanes) is 1. The smallest absolute Gasteiger partial charge is 0.330 e. The third kappa shape index (κ3) is 7.09. The van der Waals surface area contributed by atoms with Crippen molar-refractivity contribution in [2.24, 2.45) is 11.8 Å². The molecule has 0 amide bonds. The summed E-state index contributed by atoms with van der Waals surface area (Å²) >= 11 is 1.56. The molecular formula is C21H32O5S. The number of carbonyl (C=O) groups is 2. The van der Waals surface area contributed by atoms with Crippen molar-refractivity contribution < 1.29 is 24.5 Å². The molecule has 6 heteroatoms. The zero-order chi connectivity index (χ0) is 19.6. The fraction of sp³-hybridized carbons (Fsp3) is 0.714. The molecule has 0 aromatic heterocycles. The van der Waals surface area contributed by atoms with E-state index in [-0.39, 0.29) is 29.3 Å². The highest BCUT2D eigenvalue weighted by molar-refractivity contribution is 8.00. The van der Waals surface area contributed by atoms with E-state index in [1.54, 1.807) is 23.9 Å². The van der Waals surface area contributed by atoms with Gasteiger partial charge in [-0.1, -0.05) is 37.5 Å². The van der Waals surface area contributed by atoms with Crippen LogP contribution in [0.25, 0.3) is 0 Å². The van der Waals surface area contributed by atoms with Crippen LogP contribution in [0.5, 0.6) is 0 Å². The molecule has 2 saturated carbocycles. The van der Waals surface area contributed by atoms with E-state index in [2.05, 4.69) is 4.74 Å². The molecule has 0 saturated heterocycles. The fourth-order valence-electron chi connectivity index (χ4n) is 3.84. The average molecular weight is 397 g/mol. The lowest BCUT2D eigenvalue weighted by Gasteiger charge is -2.25. The summed E-state index contributed by atoms with van der Waals surface area (Å²) in [5, 5.41) is 20.4. The zero-order valence-corrected chi connectivity index (χ0v) is 16.9. The van der Waals surface area contributed by atoms with Crippen LogP contribution >= 0.6 is 11.8 Å². The van der Waals surface area contributed by atoms with Gasteiger partial charge in [0.05, 0.1) is 24.6 Å². The number of esters is 1. The number of ketones is 1. The number of thioether (sulfide) groups is 1. The normalized spacial score (nSPS) is 28.3. The van der Waals surface area contributed by atoms with Gasteiger partial charge in [-0.3, -0.25) is 4.79 Å². The van der Waals surface area contributed by atoms with Crippen molar-refractivity contribution in [3.05, 3.63) is 24.3 Å². The summed E-state index contributed by atoms with van der Waals surface area (Å²) in [6.07, 6.45) is 13.2. The predicted octanol–water partition coefficient (Wildman–Crippen LogP) is 3.04. The Morgan fingerprint density at radius 2 is 2.07 bits per heavy atom. The Balaban J connectivity index is 1.81. The largest absolute Gasteiger partial charge is 0.466 e. The SMILES string of the molecule is COC(=O)/C=C/CCCS[C@H]1C(=O)C[C@@H](O)[C@@H]1/C=C/[C@@H](O)C1CCCCC1. The summed E-state index contributed by atoms with van der Waals surface area (Å²) < 4.78 is 4.54. The maximum Gasteiger partial charge on any atom is 0.330 e. The first-order valence-electron chi connectivity index (χ1n) is 9.96. The monoisotopic (exact) mass is 396 g/mol. The molecule has 0 heterocycles. The number of hydrogen-bond acceptors (Lipinski definition) is 6. The maximum absolute atomic E-state index is 12.2. The fourth-order valence-corrected chi connectivity index (χ4v) is 5.21. The van der Waals surface area contributed by atoms with Gasteiger partial charge >= 0.3 is 5.97 Å². The summed E-state index contributed by atoms with van der Waals surface area (Å²) in [4.78, 5) is 23.2. The van der Waals surface area contributed by atoms with Gasteiger partial charge in [-0.25, -0.2) is 4.79 Å². The summed E-state index contributed by atoms with van der Waals surface area (Å²) in [6, 6.07) is 0. The van der Waals surface area contributed by atoms with E-state index in [1.807, 2.05) is 6.08 Å². The van der Waals surface area contributed by atoms with Crippen LogP contribution in [0.2, 0.25) is 0 Å². The highest BCUT2D eigenvalue weighted by atomic mass is 32.2. The van der Waals surface area contributed by atoms with Gasteiger partial charge in [-0.05, 0) is 37.4 Å². The van der Waals surface area contributed by atoms with Crippen molar-refractivity contribution in [3.8, 4) is 0 Å². The van der Waals surface area contributed by atoms with Crippen LogP contribution in [0, 0.1) is 11.8 Å². The van der Waals surface area contributed by atoms with E-state index in [1.165, 1.54) is 32.4 Å². The van der Waals surface area contributed by atoms with Crippen LogP contribution < -0.4 is 0 Å². The van der Waals surface area contributed by atoms with Crippen LogP contribution in [0.3, 0.4) is 0 Å². The van der Waals surface area contributed by atoms with Crippen LogP contribution in [-0.4, -0.2) is 52.3 Å². The van der Waals surface area contributed by atoms with Crippen molar-refractivity contribution in [1.82, 2.24) is 0 Å². The molecule has 2 N–H and O–H groups in total. The molecule has 0 radical (unpaired) electrons. The van der Waals surface area contributed by atoms with Gasteiger partial charge in [0.1, 0.15) is 5.78 Å². The number of hydrogen-bond donors (Lipinski definition) is 2. The molecule has 27 heavy (non-hydrogen) atoms. The van der Waals surface area contributed by atoms with Crippen molar-refractivity contribution in [2.75, 3.05) is 12.9 Å². The molecule has 5 nitrogen and oxygen atoms in total. The van der Waals surface area contributed by atoms with E-state index >= 15 is 0 Å². The van der Waals surface area contributed by atoms with E-state index in [0.717, 1.165) is 31.4 Å². The minimum atomic E-state index is -0.663. The molecule has 0 unspecified atom stereocenters. The molecule has 4 atom stereocenters. The molecule has 0 aromatic carbocycles. The molecule has 0 bridgehead atoms. The number of rotatable bonds is 9. The van der Waals surface area contributed by atoms with Crippen molar-refractivity contribution in [3.63, 3.8) is 0 Å². The minimum Gasteiger partial charge on any atom is -0.466 e. The first kappa shape index (κ1) is 22.2. The summed E-state index contributed by atoms with van der Waals surface area (Å²) in [7, 11) is 1.35. The maximum atomic E-state index is 12.2. The Morgan fingerprint density at radius 1 is 1.33 bits per heavy atom. The molecule has 0 aliphatic heterocycles. The molecule has 2 aliphatic rings. The van der Waals surface area contributed by atoms with Crippen LogP contribution in [0.4, 0.5) is 0 Å². The van der Waals surface area contributed by atoms with Crippen molar-refractivity contribution in [2.45, 2.75) is 68.8 Å². The van der Waals surface area contributed by atoms with Crippen LogP contribution in [-0.2, 0) is 14.3 Å². The lowest BCUT2D eigenvalue weighted by Crippen LogP contribution is -2.24. The van der Waals surface area contributed by atoms with E-state index in [0.29, 0.717) is 5.92 Å². The first-order valence-corrected chi connectivity index (χ1v) is 11.0. The second-order valence-corrected chi connectivity index (χ2v) is 8.70. The van der Waals surface area contributed by atoms with Crippen LogP contribution in [0.15, 0.2) is 24.3 Å². The number of methoxy groups -OCH3 is 1. The van der Waals surface area contributed by atoms with Gasteiger partial charge in [0.25, 0.3) is 0 Å². The quantitative estimate of drug-likeness (QED) is 0.270. The third-order valence-electron chi connectivity index (χ3n) is 5.45. The highest BCUT2D eigenvalue weighted by Gasteiger charge is 2.40. The van der Waals surface area contributed by atoms with Gasteiger partial charge in [0.2, 0.25) is 0 Å². The Labute approximate surface area is 166 Å². The van der Waals surface area contributed by atoms with E-state index in [4.69, 9.17) is 0 Å². The second kappa shape index (κ2) is 11.7. The summed E-state index contributed by atoms with van der Waals surface area (Å²) in [5.74, 6) is 0.575. The first-order chi connectivity index (χ1) is 13.0. The lowest BCUT2D eigenvalue weighted by molar-refractivity contribution is -0.134. The summed E-state index contributed by atoms with van der Waals surface area (Å²) in [5.41, 5.74) is 0. The Kier molecular flexibility index (Phi) is 9.59. The average Bonchev–Trinajstić information content (AvgIpc) is 2.95. The molecule has 2 rings (SSSR count). The predicted molar refractivity (Wildman–Crippen MR) is 107 cm³/mol. The van der Waals surface area contributed by atoms with Gasteiger partial charge in [0.15, 0.2) is 0 Å². The Hall–Kier alpha value is -1.11. The van der Waals surface area contributed by atoms with Crippen LogP contribution in [0.1, 0.15) is 51.4 Å². The molecule has 2 aliphatic carbocycles. The van der Waals surface area contributed by atoms with Gasteiger partial charge < -0.3 is 14.9 Å². The number of carbonyl (C=O) groups excluding carboxylic acids is 2. The number of Topliss-reactive ketones (excluding diaryl/α,β-unsaturated/α-hetero) is 1. The van der Waals surface area contributed by atoms with E-state index < -0.39 is 12.2 Å². The number of aliphatic hydroxyl groups excluding tert-OH is 2. The third-order valence-corrected chi connectivity index (χ3v) is 6.91. The second-order valence-electron chi connectivity index (χ2n) is 7.45. The molecule has 152 valence electrons. The summed E-state index contributed by atoms with van der Waals surface area (Å²) in [6.45, 7) is 0. The topological polar surface area (TPSA) is 83.8 Å². The van der Waals surface area contributed by atoms with Gasteiger partial charge in [0, 0.05) is 18.4 Å². The van der Waals surface area contributed by atoms with Crippen molar-refractivity contribution >= 4 is 23.5 Å². The standard InChI is InChI=1S/C21H32O5S/c1-26-20(25)10-6-3-7-13-27-21-16(18(23)14-19(21)24)11-12-17(22)15-8-4-2-5-9-15/h6,10-12,15-18,21-23H,2-5,7-9,13-14H2,1H3/b10-6+,12-11+/t16-,17+,18+,21+/m0/s1. The Morgan fingerprint density at radius 3 is 2.78 bits per heavy atom. The number of aliphatic hydroxyl groups is 2. The van der Waals surface area contributed by atoms with Crippen molar-refractivity contribution in [1.29, 1.82) is 0 Å².